The molecule has 0 aliphatic carbocycles. The van der Waals surface area contributed by atoms with Gasteiger partial charge in [-0.1, -0.05) is 48.0 Å². The number of hydrogen-bond acceptors (Lipinski definition) is 2. The van der Waals surface area contributed by atoms with Crippen LogP contribution in [0.1, 0.15) is 22.8 Å². The van der Waals surface area contributed by atoms with Gasteiger partial charge >= 0.3 is 0 Å². The van der Waals surface area contributed by atoms with Crippen LogP contribution in [-0.2, 0) is 10.8 Å². The fourth-order valence-electron chi connectivity index (χ4n) is 1.77. The maximum absolute atomic E-state index is 12.2. The molecular formula is C17H16O2S. The van der Waals surface area contributed by atoms with Crippen molar-refractivity contribution >= 4 is 16.6 Å². The molecule has 3 heteroatoms. The van der Waals surface area contributed by atoms with E-state index in [-0.39, 0.29) is 5.78 Å². The van der Waals surface area contributed by atoms with Crippen LogP contribution in [0.15, 0.2) is 70.5 Å². The van der Waals surface area contributed by atoms with E-state index in [1.165, 1.54) is 5.41 Å². The lowest BCUT2D eigenvalue weighted by molar-refractivity contribution is 0.103. The van der Waals surface area contributed by atoms with E-state index >= 15 is 0 Å². The van der Waals surface area contributed by atoms with Crippen molar-refractivity contribution in [3.8, 4) is 0 Å². The third-order valence-electron chi connectivity index (χ3n) is 2.93. The van der Waals surface area contributed by atoms with Gasteiger partial charge in [0.1, 0.15) is 0 Å². The summed E-state index contributed by atoms with van der Waals surface area (Å²) in [6.07, 6.45) is 0. The molecular weight excluding hydrogens is 268 g/mol. The molecule has 0 aliphatic rings. The van der Waals surface area contributed by atoms with Crippen LogP contribution in [0.4, 0.5) is 0 Å². The Kier molecular flexibility index (Phi) is 4.64. The predicted octanol–water partition coefficient (Wildman–Crippen LogP) is 3.89. The minimum Gasteiger partial charge on any atom is -0.289 e. The third-order valence-corrected chi connectivity index (χ3v) is 4.24. The van der Waals surface area contributed by atoms with Crippen molar-refractivity contribution in [3.63, 3.8) is 0 Å². The molecule has 2 aromatic carbocycles. The molecule has 0 aliphatic heterocycles. The molecule has 2 aromatic rings. The van der Waals surface area contributed by atoms with E-state index in [9.17, 15) is 9.00 Å². The van der Waals surface area contributed by atoms with E-state index in [2.05, 4.69) is 0 Å². The van der Waals surface area contributed by atoms with Crippen molar-refractivity contribution in [1.82, 2.24) is 0 Å². The van der Waals surface area contributed by atoms with E-state index in [0.29, 0.717) is 16.0 Å². The van der Waals surface area contributed by atoms with Gasteiger partial charge in [0.25, 0.3) is 0 Å². The summed E-state index contributed by atoms with van der Waals surface area (Å²) in [7, 11) is -1.30. The highest BCUT2D eigenvalue weighted by molar-refractivity contribution is 7.88. The van der Waals surface area contributed by atoms with Crippen molar-refractivity contribution in [2.75, 3.05) is 0 Å². The molecule has 2 nitrogen and oxygen atoms in total. The van der Waals surface area contributed by atoms with E-state index in [1.807, 2.05) is 49.4 Å². The zero-order chi connectivity index (χ0) is 14.5. The highest BCUT2D eigenvalue weighted by Gasteiger charge is 2.09. The van der Waals surface area contributed by atoms with Crippen molar-refractivity contribution in [2.45, 2.75) is 18.7 Å². The Hall–Kier alpha value is -2.00. The summed E-state index contributed by atoms with van der Waals surface area (Å²) in [5.74, 6) is -0.0916. The summed E-state index contributed by atoms with van der Waals surface area (Å²) in [5.41, 5.74) is 2.23. The Balaban J connectivity index is 2.20. The molecule has 0 radical (unpaired) electrons. The number of carbonyl (C=O) groups excluding carboxylic acids is 1. The van der Waals surface area contributed by atoms with Crippen LogP contribution >= 0.6 is 0 Å². The van der Waals surface area contributed by atoms with Gasteiger partial charge in [0.05, 0.1) is 10.8 Å². The third kappa shape index (κ3) is 3.52. The molecule has 0 fully saturated rings. The molecule has 0 spiro atoms. The topological polar surface area (TPSA) is 34.1 Å². The summed E-state index contributed by atoms with van der Waals surface area (Å²) in [4.78, 5) is 12.9. The standard InChI is InChI=1S/C17H16O2S/c1-13-8-10-16(11-9-13)20(19)12-14(2)17(18)15-6-4-3-5-7-15/h3-12H,1-2H3/b14-12-/t20-/m1/s1. The van der Waals surface area contributed by atoms with E-state index in [1.54, 1.807) is 19.1 Å². The van der Waals surface area contributed by atoms with Gasteiger partial charge in [-0.3, -0.25) is 4.79 Å². The first-order valence-corrected chi connectivity index (χ1v) is 7.54. The summed E-state index contributed by atoms with van der Waals surface area (Å²) in [5, 5.41) is 1.51. The van der Waals surface area contributed by atoms with Crippen molar-refractivity contribution in [3.05, 3.63) is 76.7 Å². The van der Waals surface area contributed by atoms with Crippen LogP contribution in [0.5, 0.6) is 0 Å². The Labute approximate surface area is 121 Å². The minimum atomic E-state index is -1.30. The zero-order valence-corrected chi connectivity index (χ0v) is 12.3. The van der Waals surface area contributed by atoms with Crippen molar-refractivity contribution < 1.29 is 9.00 Å². The lowest BCUT2D eigenvalue weighted by atomic mass is 10.1. The second-order valence-corrected chi connectivity index (χ2v) is 5.91. The van der Waals surface area contributed by atoms with Gasteiger partial charge in [-0.05, 0) is 26.0 Å². The quantitative estimate of drug-likeness (QED) is 0.630. The average molecular weight is 284 g/mol. The average Bonchev–Trinajstić information content (AvgIpc) is 2.48. The van der Waals surface area contributed by atoms with E-state index < -0.39 is 10.8 Å². The van der Waals surface area contributed by atoms with E-state index in [4.69, 9.17) is 0 Å². The molecule has 0 N–H and O–H groups in total. The summed E-state index contributed by atoms with van der Waals surface area (Å²) >= 11 is 0. The summed E-state index contributed by atoms with van der Waals surface area (Å²) in [6, 6.07) is 16.5. The van der Waals surface area contributed by atoms with Crippen LogP contribution in [0.25, 0.3) is 0 Å². The highest BCUT2D eigenvalue weighted by atomic mass is 32.2. The second-order valence-electron chi connectivity index (χ2n) is 4.61. The molecule has 1 atom stereocenters. The number of allylic oxidation sites excluding steroid dienone is 1. The van der Waals surface area contributed by atoms with Gasteiger partial charge in [-0.25, -0.2) is 4.21 Å². The minimum absolute atomic E-state index is 0.0916. The van der Waals surface area contributed by atoms with Gasteiger partial charge < -0.3 is 0 Å². The highest BCUT2D eigenvalue weighted by Crippen LogP contribution is 2.13. The smallest absolute Gasteiger partial charge is 0.189 e. The van der Waals surface area contributed by atoms with Crippen LogP contribution in [0, 0.1) is 6.92 Å². The van der Waals surface area contributed by atoms with Gasteiger partial charge in [0.15, 0.2) is 5.78 Å². The molecule has 0 heterocycles. The lowest BCUT2D eigenvalue weighted by Crippen LogP contribution is -2.01. The zero-order valence-electron chi connectivity index (χ0n) is 11.5. The monoisotopic (exact) mass is 284 g/mol. The Bertz CT molecular complexity index is 655. The molecule has 0 saturated heterocycles. The number of aryl methyl sites for hydroxylation is 1. The van der Waals surface area contributed by atoms with Crippen molar-refractivity contribution in [2.24, 2.45) is 0 Å². The number of Topliss-reactive ketones (excluding diaryl/α,β-unsaturated/α-hetero) is 1. The fraction of sp³-hybridized carbons (Fsp3) is 0.118. The molecule has 102 valence electrons. The van der Waals surface area contributed by atoms with Crippen LogP contribution < -0.4 is 0 Å². The summed E-state index contributed by atoms with van der Waals surface area (Å²) < 4.78 is 12.2. The molecule has 0 saturated carbocycles. The molecule has 0 aromatic heterocycles. The number of hydrogen-bond donors (Lipinski definition) is 0. The van der Waals surface area contributed by atoms with Crippen LogP contribution in [0.2, 0.25) is 0 Å². The Morgan fingerprint density at radius 3 is 2.20 bits per heavy atom. The number of rotatable bonds is 4. The molecule has 20 heavy (non-hydrogen) atoms. The number of ketones is 1. The lowest BCUT2D eigenvalue weighted by Gasteiger charge is -2.02. The van der Waals surface area contributed by atoms with Gasteiger partial charge in [0.2, 0.25) is 0 Å². The van der Waals surface area contributed by atoms with E-state index in [0.717, 1.165) is 5.56 Å². The first-order chi connectivity index (χ1) is 9.58. The predicted molar refractivity (Wildman–Crippen MR) is 82.1 cm³/mol. The number of carbonyl (C=O) groups is 1. The normalized spacial score (nSPS) is 13.0. The van der Waals surface area contributed by atoms with Crippen LogP contribution in [-0.4, -0.2) is 9.99 Å². The maximum Gasteiger partial charge on any atom is 0.189 e. The first-order valence-electron chi connectivity index (χ1n) is 6.33. The maximum atomic E-state index is 12.2. The largest absolute Gasteiger partial charge is 0.289 e. The fourth-order valence-corrected chi connectivity index (χ4v) is 2.74. The van der Waals surface area contributed by atoms with Crippen molar-refractivity contribution in [1.29, 1.82) is 0 Å². The van der Waals surface area contributed by atoms with Gasteiger partial charge in [-0.2, -0.15) is 0 Å². The SMILES string of the molecule is C/C(=C/[S@@](=O)c1ccc(C)cc1)C(=O)c1ccccc1. The molecule has 0 amide bonds. The second kappa shape index (κ2) is 6.44. The van der Waals surface area contributed by atoms with Crippen LogP contribution in [0.3, 0.4) is 0 Å². The Morgan fingerprint density at radius 1 is 1.00 bits per heavy atom. The number of benzene rings is 2. The van der Waals surface area contributed by atoms with Gasteiger partial charge in [-0.15, -0.1) is 0 Å². The van der Waals surface area contributed by atoms with Gasteiger partial charge in [0, 0.05) is 21.4 Å². The Morgan fingerprint density at radius 2 is 1.60 bits per heavy atom. The first kappa shape index (κ1) is 14.4. The molecule has 0 unspecified atom stereocenters. The summed E-state index contributed by atoms with van der Waals surface area (Å²) in [6.45, 7) is 3.67. The molecule has 2 rings (SSSR count). The molecule has 0 bridgehead atoms.